The van der Waals surface area contributed by atoms with Crippen molar-refractivity contribution in [3.63, 3.8) is 0 Å². The van der Waals surface area contributed by atoms with Crippen LogP contribution in [0.2, 0.25) is 0 Å². The minimum Gasteiger partial charge on any atom is -0.469 e. The zero-order valence-corrected chi connectivity index (χ0v) is 41.4. The molecule has 9 N–H and O–H groups in total. The lowest BCUT2D eigenvalue weighted by Gasteiger charge is -2.22. The lowest BCUT2D eigenvalue weighted by atomic mass is 10.1. The molecule has 0 aliphatic rings. The number of Topliss-reactive ketones (excluding diaryl/α,β-unsaturated/α-hetero) is 2. The second kappa shape index (κ2) is 37.7. The van der Waals surface area contributed by atoms with Gasteiger partial charge in [-0.1, -0.05) is 39.2 Å². The first-order chi connectivity index (χ1) is 33.4. The zero-order valence-electron chi connectivity index (χ0n) is 41.4. The summed E-state index contributed by atoms with van der Waals surface area (Å²) < 4.78 is 28.8. The van der Waals surface area contributed by atoms with Gasteiger partial charge in [-0.3, -0.25) is 43.2 Å². The Kier molecular flexibility index (Phi) is 35.0. The summed E-state index contributed by atoms with van der Waals surface area (Å²) in [6.45, 7) is 10.9. The molecular weight excluding hydrogens is 945 g/mol. The summed E-state index contributed by atoms with van der Waals surface area (Å²) in [5.74, 6) is -9.00. The van der Waals surface area contributed by atoms with E-state index in [4.69, 9.17) is 24.7 Å². The van der Waals surface area contributed by atoms with E-state index in [2.05, 4.69) is 59.8 Å². The number of ether oxygens (including phenoxy) is 6. The fraction of sp³-hybridized carbons (Fsp3) is 0.614. The highest BCUT2D eigenvalue weighted by molar-refractivity contribution is 5.96. The fourth-order valence-electron chi connectivity index (χ4n) is 5.15. The first kappa shape index (κ1) is 66.0. The third kappa shape index (κ3) is 30.9. The summed E-state index contributed by atoms with van der Waals surface area (Å²) in [7, 11) is 4.85. The first-order valence-corrected chi connectivity index (χ1v) is 21.9. The Bertz CT molecular complexity index is 1860. The van der Waals surface area contributed by atoms with E-state index < -0.39 is 127 Å². The van der Waals surface area contributed by atoms with Gasteiger partial charge in [-0.15, -0.1) is 0 Å². The van der Waals surface area contributed by atoms with Crippen LogP contribution in [0.3, 0.4) is 0 Å². The lowest BCUT2D eigenvalue weighted by Crippen LogP contribution is -2.56. The number of nitrogens with one attached hydrogen (secondary N) is 7. The molecule has 0 heterocycles. The highest BCUT2D eigenvalue weighted by Crippen LogP contribution is 2.05. The Labute approximate surface area is 411 Å². The molecule has 0 aliphatic heterocycles. The van der Waals surface area contributed by atoms with Gasteiger partial charge in [0.25, 0.3) is 0 Å². The molecule has 71 heavy (non-hydrogen) atoms. The molecule has 0 radical (unpaired) electrons. The number of carbonyl (C=O) groups excluding carboxylic acids is 13. The summed E-state index contributed by atoms with van der Waals surface area (Å²) in [4.78, 5) is 156. The molecule has 0 aromatic heterocycles. The second-order valence-corrected chi connectivity index (χ2v) is 15.4. The van der Waals surface area contributed by atoms with Crippen molar-refractivity contribution in [2.24, 2.45) is 11.7 Å². The number of carbonyl (C=O) groups is 13. The predicted octanol–water partition coefficient (Wildman–Crippen LogP) is -3.77. The van der Waals surface area contributed by atoms with Crippen molar-refractivity contribution in [1.29, 1.82) is 0 Å². The smallest absolute Gasteiger partial charge is 0.328 e. The quantitative estimate of drug-likeness (QED) is 0.0174. The molecule has 0 bridgehead atoms. The van der Waals surface area contributed by atoms with E-state index >= 15 is 0 Å². The Morgan fingerprint density at radius 2 is 0.887 bits per heavy atom. The lowest BCUT2D eigenvalue weighted by molar-refractivity contribution is -0.148. The van der Waals surface area contributed by atoms with Crippen molar-refractivity contribution >= 4 is 76.8 Å². The van der Waals surface area contributed by atoms with E-state index in [0.29, 0.717) is 0 Å². The van der Waals surface area contributed by atoms with Gasteiger partial charge in [0.1, 0.15) is 55.0 Å². The Morgan fingerprint density at radius 1 is 0.507 bits per heavy atom. The number of hydrogen-bond acceptors (Lipinski definition) is 20. The van der Waals surface area contributed by atoms with Crippen molar-refractivity contribution in [3.8, 4) is 0 Å². The number of hydrogen-bond donors (Lipinski definition) is 8. The predicted molar refractivity (Wildman–Crippen MR) is 248 cm³/mol. The third-order valence-corrected chi connectivity index (χ3v) is 8.98. The van der Waals surface area contributed by atoms with Crippen LogP contribution < -0.4 is 43.0 Å². The minimum atomic E-state index is -1.29. The topological polar surface area (TPSA) is 388 Å². The monoisotopic (exact) mass is 1010 g/mol. The molecule has 27 nitrogen and oxygen atoms in total. The van der Waals surface area contributed by atoms with E-state index in [0.717, 1.165) is 14.2 Å². The molecule has 0 saturated carbocycles. The Morgan fingerprint density at radius 3 is 1.24 bits per heavy atom. The zero-order chi connectivity index (χ0) is 54.6. The van der Waals surface area contributed by atoms with E-state index in [9.17, 15) is 62.3 Å². The van der Waals surface area contributed by atoms with Crippen LogP contribution in [0.25, 0.3) is 0 Å². The van der Waals surface area contributed by atoms with Crippen molar-refractivity contribution in [2.75, 3.05) is 68.0 Å². The van der Waals surface area contributed by atoms with E-state index in [1.807, 2.05) is 0 Å². The summed E-state index contributed by atoms with van der Waals surface area (Å²) >= 11 is 0. The van der Waals surface area contributed by atoms with Crippen molar-refractivity contribution in [3.05, 3.63) is 25.3 Å². The molecule has 27 heteroatoms. The SMILES string of the molecule is C=CCOC(=O)C(CCC(C)=O)NC(=O)C(COC)NC(=O)CNC(=O)C(CC(=O)OC)NC(=O)C(C)C.C=CCOC(=O)C(CCC(C)=O)NC(=O)C(COC)NC(=O)CNC(=O)C(N)CC(=O)OC. The normalized spacial score (nSPS) is 12.9. The molecule has 400 valence electrons. The number of methoxy groups -OCH3 is 4. The molecule has 6 unspecified atom stereocenters. The largest absolute Gasteiger partial charge is 0.469 e. The van der Waals surface area contributed by atoms with Crippen molar-refractivity contribution in [1.82, 2.24) is 37.2 Å². The molecule has 0 saturated heterocycles. The molecule has 0 rings (SSSR count). The van der Waals surface area contributed by atoms with Crippen LogP contribution in [0.1, 0.15) is 66.2 Å². The summed E-state index contributed by atoms with van der Waals surface area (Å²) in [6, 6.07) is -7.27. The number of amides is 7. The number of nitrogens with two attached hydrogens (primary N) is 1. The van der Waals surface area contributed by atoms with Crippen molar-refractivity contribution < 1.29 is 90.8 Å². The van der Waals surface area contributed by atoms with E-state index in [1.165, 1.54) is 40.2 Å². The van der Waals surface area contributed by atoms with Crippen LogP contribution in [0.5, 0.6) is 0 Å². The molecule has 0 aromatic carbocycles. The minimum absolute atomic E-state index is 0.00115. The number of rotatable bonds is 34. The van der Waals surface area contributed by atoms with Gasteiger partial charge in [-0.2, -0.15) is 0 Å². The van der Waals surface area contributed by atoms with Gasteiger partial charge in [0.05, 0.1) is 59.4 Å². The standard InChI is InChI=1S/C24H38N4O10.C20H32N4O9/c1-7-10-38-24(35)16(9-8-15(4)29)27-23(34)18(13-36-5)26-19(30)12-25-22(33)17(11-20(31)37-6)28-21(32)14(2)3;1-5-8-33-20(30)14(7-6-12(2)25)24-19(29)15(11-31-3)23-16(26)10-22-18(28)13(21)9-17(27)32-4/h7,14,16-18H,1,8-13H2,2-6H3,(H,25,33)(H,26,30)(H,27,34)(H,28,32);5,13-15H,1,6-11,21H2,2-4H3,(H,22,28)(H,23,26)(H,24,29). The van der Waals surface area contributed by atoms with Crippen LogP contribution in [0, 0.1) is 5.92 Å². The van der Waals surface area contributed by atoms with Crippen LogP contribution in [-0.4, -0.2) is 181 Å². The van der Waals surface area contributed by atoms with Crippen LogP contribution in [-0.2, 0) is 90.8 Å². The maximum atomic E-state index is 12.8. The second-order valence-electron chi connectivity index (χ2n) is 15.4. The fourth-order valence-corrected chi connectivity index (χ4v) is 5.15. The van der Waals surface area contributed by atoms with Gasteiger partial charge in [-0.05, 0) is 26.7 Å². The molecule has 7 amide bonds. The summed E-state index contributed by atoms with van der Waals surface area (Å²) in [5.41, 5.74) is 5.54. The molecule has 0 fully saturated rings. The Balaban J connectivity index is 0. The highest BCUT2D eigenvalue weighted by Gasteiger charge is 2.31. The van der Waals surface area contributed by atoms with Gasteiger partial charge in [-0.25, -0.2) is 9.59 Å². The van der Waals surface area contributed by atoms with Gasteiger partial charge < -0.3 is 81.0 Å². The maximum absolute atomic E-state index is 12.8. The average molecular weight is 1020 g/mol. The number of esters is 4. The Hall–Kier alpha value is -7.13. The maximum Gasteiger partial charge on any atom is 0.328 e. The van der Waals surface area contributed by atoms with Crippen LogP contribution in [0.4, 0.5) is 0 Å². The average Bonchev–Trinajstić information content (AvgIpc) is 3.32. The highest BCUT2D eigenvalue weighted by atomic mass is 16.5. The van der Waals surface area contributed by atoms with Gasteiger partial charge >= 0.3 is 23.9 Å². The number of ketones is 2. The third-order valence-electron chi connectivity index (χ3n) is 8.98. The molecule has 0 aliphatic carbocycles. The molecule has 0 spiro atoms. The van der Waals surface area contributed by atoms with Gasteiger partial charge in [0.15, 0.2) is 0 Å². The first-order valence-electron chi connectivity index (χ1n) is 21.9. The van der Waals surface area contributed by atoms with Crippen molar-refractivity contribution in [2.45, 2.75) is 102 Å². The van der Waals surface area contributed by atoms with Crippen LogP contribution >= 0.6 is 0 Å². The molecular formula is C44H70N8O19. The van der Waals surface area contributed by atoms with Gasteiger partial charge in [0.2, 0.25) is 41.4 Å². The van der Waals surface area contributed by atoms with E-state index in [-0.39, 0.29) is 70.1 Å². The van der Waals surface area contributed by atoms with Gasteiger partial charge in [0, 0.05) is 33.0 Å². The summed E-state index contributed by atoms with van der Waals surface area (Å²) in [5, 5.41) is 16.5. The molecule has 6 atom stereocenters. The van der Waals surface area contributed by atoms with Crippen LogP contribution in [0.15, 0.2) is 25.3 Å². The van der Waals surface area contributed by atoms with E-state index in [1.54, 1.807) is 13.8 Å². The summed E-state index contributed by atoms with van der Waals surface area (Å²) in [6.07, 6.45) is 1.86. The molecule has 0 aromatic rings.